The molecular formula is C3H9NO5P+. The van der Waals surface area contributed by atoms with Gasteiger partial charge in [0.25, 0.3) is 0 Å². The Morgan fingerprint density at radius 3 is 1.90 bits per heavy atom. The first-order valence-corrected chi connectivity index (χ1v) is 3.38. The Labute approximate surface area is 58.4 Å². The van der Waals surface area contributed by atoms with E-state index < -0.39 is 14.2 Å². The second kappa shape index (κ2) is 8.45. The lowest BCUT2D eigenvalue weighted by Crippen LogP contribution is -2.16. The van der Waals surface area contributed by atoms with Crippen molar-refractivity contribution in [3.8, 4) is 0 Å². The Kier molecular flexibility index (Phi) is 10.3. The Hall–Kier alpha value is -0.550. The molecule has 0 saturated carbocycles. The van der Waals surface area contributed by atoms with E-state index in [-0.39, 0.29) is 6.54 Å². The van der Waals surface area contributed by atoms with Crippen molar-refractivity contribution in [2.45, 2.75) is 0 Å². The molecule has 0 spiro atoms. The van der Waals surface area contributed by atoms with Crippen molar-refractivity contribution >= 4 is 14.2 Å². The fourth-order valence-electron chi connectivity index (χ4n) is 0.151. The van der Waals surface area contributed by atoms with Crippen molar-refractivity contribution in [3.05, 3.63) is 0 Å². The van der Waals surface area contributed by atoms with Gasteiger partial charge in [-0.05, 0) is 7.05 Å². The van der Waals surface area contributed by atoms with E-state index >= 15 is 0 Å². The Morgan fingerprint density at radius 1 is 1.60 bits per heavy atom. The third-order valence-electron chi connectivity index (χ3n) is 0.328. The Bertz CT molecular complexity index is 111. The van der Waals surface area contributed by atoms with Crippen molar-refractivity contribution in [2.75, 3.05) is 13.6 Å². The number of hydrogen-bond donors (Lipinski definition) is 4. The Balaban J connectivity index is 0. The first kappa shape index (κ1) is 12.2. The van der Waals surface area contributed by atoms with Gasteiger partial charge in [0.1, 0.15) is 0 Å². The van der Waals surface area contributed by atoms with E-state index in [2.05, 4.69) is 5.32 Å². The number of rotatable bonds is 2. The van der Waals surface area contributed by atoms with Crippen LogP contribution in [0.2, 0.25) is 0 Å². The van der Waals surface area contributed by atoms with Crippen molar-refractivity contribution in [2.24, 2.45) is 0 Å². The van der Waals surface area contributed by atoms with Gasteiger partial charge >= 0.3 is 14.2 Å². The zero-order valence-electron chi connectivity index (χ0n) is 5.31. The average molecular weight is 170 g/mol. The fraction of sp³-hybridized carbons (Fsp3) is 0.667. The molecule has 0 aliphatic rings. The summed E-state index contributed by atoms with van der Waals surface area (Å²) in [5.41, 5.74) is 0. The molecule has 0 bridgehead atoms. The molecule has 0 aliphatic heterocycles. The summed E-state index contributed by atoms with van der Waals surface area (Å²) in [6.07, 6.45) is 0. The van der Waals surface area contributed by atoms with Crippen LogP contribution in [-0.4, -0.2) is 34.5 Å². The van der Waals surface area contributed by atoms with Gasteiger partial charge < -0.3 is 10.4 Å². The van der Waals surface area contributed by atoms with Crippen LogP contribution in [0.1, 0.15) is 0 Å². The highest BCUT2D eigenvalue weighted by atomic mass is 31.1. The van der Waals surface area contributed by atoms with E-state index in [4.69, 9.17) is 19.5 Å². The van der Waals surface area contributed by atoms with Crippen LogP contribution in [0.5, 0.6) is 0 Å². The second-order valence-electron chi connectivity index (χ2n) is 1.18. The minimum absolute atomic E-state index is 0.0417. The molecule has 0 heterocycles. The predicted octanol–water partition coefficient (Wildman–Crippen LogP) is -1.08. The molecule has 0 amide bonds. The largest absolute Gasteiger partial charge is 0.692 e. The molecule has 0 aromatic heterocycles. The molecule has 0 atom stereocenters. The van der Waals surface area contributed by atoms with Gasteiger partial charge in [-0.3, -0.25) is 4.79 Å². The highest BCUT2D eigenvalue weighted by Gasteiger charge is 1.93. The molecule has 60 valence electrons. The van der Waals surface area contributed by atoms with E-state index in [9.17, 15) is 4.79 Å². The van der Waals surface area contributed by atoms with Crippen LogP contribution in [0.25, 0.3) is 0 Å². The van der Waals surface area contributed by atoms with Crippen molar-refractivity contribution in [1.29, 1.82) is 0 Å². The van der Waals surface area contributed by atoms with Crippen LogP contribution >= 0.6 is 8.25 Å². The van der Waals surface area contributed by atoms with Gasteiger partial charge in [-0.15, -0.1) is 9.79 Å². The van der Waals surface area contributed by atoms with Gasteiger partial charge in [0.05, 0.1) is 6.54 Å². The summed E-state index contributed by atoms with van der Waals surface area (Å²) in [6.45, 7) is 0.0417. The van der Waals surface area contributed by atoms with E-state index in [0.717, 1.165) is 0 Å². The number of carbonyl (C=O) groups is 1. The topological polar surface area (TPSA) is 107 Å². The van der Waals surface area contributed by atoms with Crippen LogP contribution in [0.4, 0.5) is 0 Å². The van der Waals surface area contributed by atoms with Crippen LogP contribution in [-0.2, 0) is 9.36 Å². The summed E-state index contributed by atoms with van der Waals surface area (Å²) < 4.78 is 8.70. The number of aliphatic carboxylic acids is 1. The molecule has 0 aromatic rings. The van der Waals surface area contributed by atoms with Crippen LogP contribution in [0.3, 0.4) is 0 Å². The zero-order chi connectivity index (χ0) is 8.57. The summed E-state index contributed by atoms with van der Waals surface area (Å²) in [4.78, 5) is 23.8. The molecule has 0 aromatic carbocycles. The SMILES string of the molecule is CNCC(=O)O.O=[P+](O)O. The molecule has 7 heteroatoms. The summed E-state index contributed by atoms with van der Waals surface area (Å²) >= 11 is 0. The quantitative estimate of drug-likeness (QED) is 0.392. The highest BCUT2D eigenvalue weighted by Crippen LogP contribution is 1.98. The molecule has 0 fully saturated rings. The van der Waals surface area contributed by atoms with Crippen molar-refractivity contribution < 1.29 is 24.3 Å². The number of carboxylic acid groups (broad SMARTS) is 1. The van der Waals surface area contributed by atoms with E-state index in [1.54, 1.807) is 7.05 Å². The summed E-state index contributed by atoms with van der Waals surface area (Å²) in [6, 6.07) is 0. The van der Waals surface area contributed by atoms with Gasteiger partial charge in [-0.1, -0.05) is 0 Å². The normalized spacial score (nSPS) is 7.50. The fourth-order valence-corrected chi connectivity index (χ4v) is 0.151. The van der Waals surface area contributed by atoms with Crippen molar-refractivity contribution in [1.82, 2.24) is 5.32 Å². The Morgan fingerprint density at radius 2 is 1.90 bits per heavy atom. The van der Waals surface area contributed by atoms with Gasteiger partial charge in [-0.2, -0.15) is 0 Å². The molecular weight excluding hydrogens is 161 g/mol. The minimum atomic E-state index is -2.87. The average Bonchev–Trinajstić information content (AvgIpc) is 1.62. The maximum absolute atomic E-state index is 9.54. The van der Waals surface area contributed by atoms with E-state index in [0.29, 0.717) is 0 Å². The minimum Gasteiger partial charge on any atom is -0.480 e. The number of nitrogens with one attached hydrogen (secondary N) is 1. The maximum Gasteiger partial charge on any atom is 0.692 e. The third-order valence-corrected chi connectivity index (χ3v) is 0.328. The maximum atomic E-state index is 9.54. The van der Waals surface area contributed by atoms with E-state index in [1.807, 2.05) is 0 Å². The van der Waals surface area contributed by atoms with Crippen LogP contribution < -0.4 is 5.32 Å². The number of hydrogen-bond acceptors (Lipinski definition) is 3. The summed E-state index contributed by atoms with van der Waals surface area (Å²) in [5.74, 6) is -0.822. The molecule has 0 saturated heterocycles. The highest BCUT2D eigenvalue weighted by molar-refractivity contribution is 7.30. The molecule has 4 N–H and O–H groups in total. The summed E-state index contributed by atoms with van der Waals surface area (Å²) in [5, 5.41) is 10.3. The lowest BCUT2D eigenvalue weighted by Gasteiger charge is -1.84. The molecule has 0 radical (unpaired) electrons. The standard InChI is InChI=1S/C3H7NO2.HO3P/c1-4-2-3(5)6;1-4(2)3/h4H,2H2,1H3,(H,5,6);(H-,1,2,3)/p+1. The lowest BCUT2D eigenvalue weighted by molar-refractivity contribution is -0.135. The van der Waals surface area contributed by atoms with Crippen LogP contribution in [0.15, 0.2) is 0 Å². The molecule has 0 unspecified atom stereocenters. The molecule has 6 nitrogen and oxygen atoms in total. The van der Waals surface area contributed by atoms with E-state index in [1.165, 1.54) is 0 Å². The zero-order valence-corrected chi connectivity index (χ0v) is 6.21. The van der Waals surface area contributed by atoms with Gasteiger partial charge in [0.2, 0.25) is 0 Å². The van der Waals surface area contributed by atoms with Gasteiger partial charge in [-0.25, -0.2) is 0 Å². The number of likely N-dealkylation sites (N-methyl/N-ethyl adjacent to an activating group) is 1. The number of carboxylic acids is 1. The van der Waals surface area contributed by atoms with Crippen molar-refractivity contribution in [3.63, 3.8) is 0 Å². The third kappa shape index (κ3) is 51.6. The molecule has 0 aliphatic carbocycles. The first-order chi connectivity index (χ1) is 4.50. The van der Waals surface area contributed by atoms with Crippen LogP contribution in [0, 0.1) is 0 Å². The monoisotopic (exact) mass is 170 g/mol. The second-order valence-corrected chi connectivity index (χ2v) is 1.68. The molecule has 0 rings (SSSR count). The molecule has 10 heavy (non-hydrogen) atoms. The first-order valence-electron chi connectivity index (χ1n) is 2.22. The summed E-state index contributed by atoms with van der Waals surface area (Å²) in [7, 11) is -1.28. The predicted molar refractivity (Wildman–Crippen MR) is 33.6 cm³/mol. The van der Waals surface area contributed by atoms with Gasteiger partial charge in [0.15, 0.2) is 0 Å². The smallest absolute Gasteiger partial charge is 0.480 e. The van der Waals surface area contributed by atoms with Gasteiger partial charge in [0, 0.05) is 4.57 Å². The lowest BCUT2D eigenvalue weighted by atomic mass is 10.7.